The quantitative estimate of drug-likeness (QED) is 0.351. The smallest absolute Gasteiger partial charge is 0.132 e. The highest BCUT2D eigenvalue weighted by Gasteiger charge is 2.13. The molecule has 0 spiro atoms. The second-order valence-corrected chi connectivity index (χ2v) is 6.29. The van der Waals surface area contributed by atoms with Gasteiger partial charge in [-0.05, 0) is 78.2 Å². The molecule has 4 heteroatoms. The first-order chi connectivity index (χ1) is 11.7. The Balaban J connectivity index is 0. The molecule has 4 nitrogen and oxygen atoms in total. The fourth-order valence-electron chi connectivity index (χ4n) is 2.64. The standard InChI is InChI=1S/C18H39N3O.C2H6/c1-3-4-6-13-20-15-8-11-18(17(2)22)10-5-7-14-21-16-9-12-19;1-2/h18,20-21H,3-16,19H2,1-2H3;1-2H3. The highest BCUT2D eigenvalue weighted by molar-refractivity contribution is 5.78. The first kappa shape index (κ1) is 25.8. The summed E-state index contributed by atoms with van der Waals surface area (Å²) in [5.74, 6) is 0.628. The number of hydrogen-bond donors (Lipinski definition) is 3. The van der Waals surface area contributed by atoms with Crippen molar-refractivity contribution >= 4 is 5.78 Å². The van der Waals surface area contributed by atoms with Gasteiger partial charge in [-0.15, -0.1) is 0 Å². The van der Waals surface area contributed by atoms with E-state index in [1.165, 1.54) is 19.3 Å². The van der Waals surface area contributed by atoms with E-state index in [0.717, 1.165) is 71.2 Å². The van der Waals surface area contributed by atoms with Crippen LogP contribution < -0.4 is 16.4 Å². The fraction of sp³-hybridized carbons (Fsp3) is 0.950. The molecule has 0 bridgehead atoms. The van der Waals surface area contributed by atoms with Crippen LogP contribution in [0, 0.1) is 5.92 Å². The molecular formula is C20H45N3O. The molecule has 0 radical (unpaired) electrons. The summed E-state index contributed by atoms with van der Waals surface area (Å²) < 4.78 is 0. The van der Waals surface area contributed by atoms with Crippen LogP contribution >= 0.6 is 0 Å². The van der Waals surface area contributed by atoms with Crippen molar-refractivity contribution in [3.8, 4) is 0 Å². The maximum atomic E-state index is 11.7. The molecule has 1 unspecified atom stereocenters. The Morgan fingerprint density at radius 3 is 1.88 bits per heavy atom. The number of unbranched alkanes of at least 4 members (excludes halogenated alkanes) is 3. The molecule has 24 heavy (non-hydrogen) atoms. The molecule has 0 aromatic rings. The summed E-state index contributed by atoms with van der Waals surface area (Å²) in [7, 11) is 0. The molecule has 0 fully saturated rings. The van der Waals surface area contributed by atoms with E-state index in [1.807, 2.05) is 13.8 Å². The Hall–Kier alpha value is -0.450. The lowest BCUT2D eigenvalue weighted by atomic mass is 9.93. The molecule has 0 aromatic heterocycles. The van der Waals surface area contributed by atoms with Crippen molar-refractivity contribution in [3.05, 3.63) is 0 Å². The summed E-state index contributed by atoms with van der Waals surface area (Å²) in [6, 6.07) is 0. The van der Waals surface area contributed by atoms with E-state index >= 15 is 0 Å². The molecule has 0 aliphatic rings. The minimum absolute atomic E-state index is 0.265. The molecule has 0 saturated heterocycles. The average molecular weight is 344 g/mol. The number of rotatable bonds is 17. The highest BCUT2D eigenvalue weighted by atomic mass is 16.1. The van der Waals surface area contributed by atoms with Gasteiger partial charge in [-0.3, -0.25) is 4.79 Å². The van der Waals surface area contributed by atoms with Crippen molar-refractivity contribution in [3.63, 3.8) is 0 Å². The molecule has 1 atom stereocenters. The largest absolute Gasteiger partial charge is 0.330 e. The second-order valence-electron chi connectivity index (χ2n) is 6.29. The number of carbonyl (C=O) groups excluding carboxylic acids is 1. The molecule has 0 heterocycles. The molecule has 4 N–H and O–H groups in total. The van der Waals surface area contributed by atoms with Gasteiger partial charge in [-0.2, -0.15) is 0 Å². The van der Waals surface area contributed by atoms with Crippen LogP contribution in [0.1, 0.15) is 85.5 Å². The van der Waals surface area contributed by atoms with Crippen LogP contribution in [0.25, 0.3) is 0 Å². The molecule has 0 amide bonds. The molecule has 0 aliphatic heterocycles. The van der Waals surface area contributed by atoms with Gasteiger partial charge in [0.2, 0.25) is 0 Å². The van der Waals surface area contributed by atoms with Gasteiger partial charge in [0.15, 0.2) is 0 Å². The van der Waals surface area contributed by atoms with E-state index in [4.69, 9.17) is 5.73 Å². The lowest BCUT2D eigenvalue weighted by molar-refractivity contribution is -0.121. The van der Waals surface area contributed by atoms with E-state index in [-0.39, 0.29) is 5.92 Å². The second kappa shape index (κ2) is 22.6. The number of carbonyl (C=O) groups is 1. The predicted molar refractivity (Wildman–Crippen MR) is 108 cm³/mol. The number of nitrogens with one attached hydrogen (secondary N) is 2. The topological polar surface area (TPSA) is 67.2 Å². The van der Waals surface area contributed by atoms with E-state index in [0.29, 0.717) is 5.78 Å². The summed E-state index contributed by atoms with van der Waals surface area (Å²) in [5, 5.41) is 6.87. The van der Waals surface area contributed by atoms with E-state index in [9.17, 15) is 4.79 Å². The van der Waals surface area contributed by atoms with Crippen molar-refractivity contribution in [1.29, 1.82) is 0 Å². The van der Waals surface area contributed by atoms with Crippen molar-refractivity contribution in [1.82, 2.24) is 10.6 Å². The summed E-state index contributed by atoms with van der Waals surface area (Å²) in [6.45, 7) is 13.0. The van der Waals surface area contributed by atoms with Gasteiger partial charge >= 0.3 is 0 Å². The summed E-state index contributed by atoms with van der Waals surface area (Å²) >= 11 is 0. The third kappa shape index (κ3) is 19.6. The monoisotopic (exact) mass is 343 g/mol. The van der Waals surface area contributed by atoms with Gasteiger partial charge in [-0.1, -0.05) is 40.0 Å². The Kier molecular flexibility index (Phi) is 24.2. The Labute approximate surface area is 151 Å². The molecule has 0 aromatic carbocycles. The Morgan fingerprint density at radius 1 is 0.833 bits per heavy atom. The van der Waals surface area contributed by atoms with Gasteiger partial charge in [0.25, 0.3) is 0 Å². The lowest BCUT2D eigenvalue weighted by Gasteiger charge is -2.14. The van der Waals surface area contributed by atoms with Crippen molar-refractivity contribution in [2.45, 2.75) is 85.5 Å². The first-order valence-corrected chi connectivity index (χ1v) is 10.3. The maximum absolute atomic E-state index is 11.7. The van der Waals surface area contributed by atoms with Crippen molar-refractivity contribution in [2.24, 2.45) is 11.7 Å². The summed E-state index contributed by atoms with van der Waals surface area (Å²) in [6.07, 6.45) is 10.4. The van der Waals surface area contributed by atoms with Crippen molar-refractivity contribution in [2.75, 3.05) is 32.7 Å². The van der Waals surface area contributed by atoms with Gasteiger partial charge in [-0.25, -0.2) is 0 Å². The van der Waals surface area contributed by atoms with Gasteiger partial charge < -0.3 is 16.4 Å². The van der Waals surface area contributed by atoms with E-state index < -0.39 is 0 Å². The van der Waals surface area contributed by atoms with Gasteiger partial charge in [0.05, 0.1) is 0 Å². The maximum Gasteiger partial charge on any atom is 0.132 e. The number of nitrogens with two attached hydrogens (primary N) is 1. The van der Waals surface area contributed by atoms with Crippen molar-refractivity contribution < 1.29 is 4.79 Å². The average Bonchev–Trinajstić information content (AvgIpc) is 2.59. The third-order valence-corrected chi connectivity index (χ3v) is 4.15. The van der Waals surface area contributed by atoms with Crippen LogP contribution in [0.4, 0.5) is 0 Å². The SMILES string of the molecule is CC.CCCCCNCCCC(CCCCNCCCN)C(C)=O. The highest BCUT2D eigenvalue weighted by Crippen LogP contribution is 2.15. The fourth-order valence-corrected chi connectivity index (χ4v) is 2.64. The first-order valence-electron chi connectivity index (χ1n) is 10.3. The summed E-state index contributed by atoms with van der Waals surface area (Å²) in [5.41, 5.74) is 5.45. The van der Waals surface area contributed by atoms with Crippen LogP contribution in [-0.2, 0) is 4.79 Å². The lowest BCUT2D eigenvalue weighted by Crippen LogP contribution is -2.20. The van der Waals surface area contributed by atoms with Crippen LogP contribution in [0.5, 0.6) is 0 Å². The Morgan fingerprint density at radius 2 is 1.33 bits per heavy atom. The van der Waals surface area contributed by atoms with Gasteiger partial charge in [0.1, 0.15) is 5.78 Å². The van der Waals surface area contributed by atoms with Gasteiger partial charge in [0, 0.05) is 5.92 Å². The van der Waals surface area contributed by atoms with E-state index in [1.54, 1.807) is 6.92 Å². The van der Waals surface area contributed by atoms with Crippen LogP contribution in [0.2, 0.25) is 0 Å². The molecule has 0 aliphatic carbocycles. The van der Waals surface area contributed by atoms with E-state index in [2.05, 4.69) is 17.6 Å². The molecule has 0 rings (SSSR count). The number of ketones is 1. The third-order valence-electron chi connectivity index (χ3n) is 4.15. The zero-order chi connectivity index (χ0) is 18.5. The predicted octanol–water partition coefficient (Wildman–Crippen LogP) is 3.89. The molecule has 146 valence electrons. The minimum Gasteiger partial charge on any atom is -0.330 e. The zero-order valence-corrected chi connectivity index (χ0v) is 17.0. The number of hydrogen-bond acceptors (Lipinski definition) is 4. The number of Topliss-reactive ketones (excluding diaryl/α,β-unsaturated/α-hetero) is 1. The van der Waals surface area contributed by atoms with Crippen LogP contribution in [-0.4, -0.2) is 38.5 Å². The molecular weight excluding hydrogens is 298 g/mol. The molecule has 0 saturated carbocycles. The normalized spacial score (nSPS) is 11.7. The zero-order valence-electron chi connectivity index (χ0n) is 17.0. The Bertz CT molecular complexity index is 229. The van der Waals surface area contributed by atoms with Crippen LogP contribution in [0.3, 0.4) is 0 Å². The van der Waals surface area contributed by atoms with Crippen LogP contribution in [0.15, 0.2) is 0 Å². The summed E-state index contributed by atoms with van der Waals surface area (Å²) in [4.78, 5) is 11.7. The minimum atomic E-state index is 0.265.